The molecule has 6 N–H and O–H groups in total. The summed E-state index contributed by atoms with van der Waals surface area (Å²) < 4.78 is 5.16. The van der Waals surface area contributed by atoms with Gasteiger partial charge in [-0.25, -0.2) is 19.8 Å². The summed E-state index contributed by atoms with van der Waals surface area (Å²) in [4.78, 5) is 41.6. The van der Waals surface area contributed by atoms with Crippen LogP contribution in [0.2, 0.25) is 0 Å². The van der Waals surface area contributed by atoms with Crippen LogP contribution in [-0.4, -0.2) is 54.4 Å². The highest BCUT2D eigenvalue weighted by Gasteiger charge is 2.20. The van der Waals surface area contributed by atoms with Crippen LogP contribution in [0.5, 0.6) is 0 Å². The number of aryl methyl sites for hydroxylation is 1. The number of alkyl carbamates (subject to hydrolysis) is 1. The van der Waals surface area contributed by atoms with Crippen LogP contribution in [0.15, 0.2) is 57.3 Å². The van der Waals surface area contributed by atoms with Gasteiger partial charge in [0.05, 0.1) is 23.4 Å². The minimum atomic E-state index is -0.554. The third-order valence-electron chi connectivity index (χ3n) is 5.40. The maximum absolute atomic E-state index is 12.6. The molecule has 42 heavy (non-hydrogen) atoms. The number of thiazole rings is 1. The van der Waals surface area contributed by atoms with E-state index < -0.39 is 11.7 Å². The van der Waals surface area contributed by atoms with Crippen LogP contribution in [0.3, 0.4) is 0 Å². The summed E-state index contributed by atoms with van der Waals surface area (Å²) in [6.07, 6.45) is 8.45. The Hall–Kier alpha value is -4.32. The summed E-state index contributed by atoms with van der Waals surface area (Å²) in [6.45, 7) is 14.6. The van der Waals surface area contributed by atoms with E-state index in [0.717, 1.165) is 21.7 Å². The Bertz CT molecular complexity index is 1380. The normalized spacial score (nSPS) is 13.3. The third kappa shape index (κ3) is 12.0. The van der Waals surface area contributed by atoms with Gasteiger partial charge in [-0.05, 0) is 56.5 Å². The summed E-state index contributed by atoms with van der Waals surface area (Å²) in [7, 11) is 0. The first-order chi connectivity index (χ1) is 19.7. The van der Waals surface area contributed by atoms with Gasteiger partial charge in [-0.15, -0.1) is 11.3 Å². The summed E-state index contributed by atoms with van der Waals surface area (Å²) >= 11 is 1.41. The Labute approximate surface area is 252 Å². The SMILES string of the molecule is Cc1cc(C(N)=CC=NC=NC(C=NCCNC(=O)OC(C)(C)C)=CN)ccc1CNC(=O)c1cnc(C(C)(C)C)s1. The van der Waals surface area contributed by atoms with Crippen molar-refractivity contribution in [2.45, 2.75) is 66.0 Å². The van der Waals surface area contributed by atoms with Crippen molar-refractivity contribution >= 4 is 47.8 Å². The molecule has 1 heterocycles. The monoisotopic (exact) mass is 594 g/mol. The molecule has 2 aromatic rings. The molecule has 0 radical (unpaired) electrons. The molecular formula is C30H42N8O3S. The summed E-state index contributed by atoms with van der Waals surface area (Å²) in [5.41, 5.74) is 14.9. The Morgan fingerprint density at radius 1 is 1.14 bits per heavy atom. The van der Waals surface area contributed by atoms with Gasteiger partial charge in [0.2, 0.25) is 0 Å². The lowest BCUT2D eigenvalue weighted by molar-refractivity contribution is 0.0529. The molecule has 0 aliphatic heterocycles. The van der Waals surface area contributed by atoms with E-state index in [1.807, 2.05) is 25.1 Å². The molecule has 0 unspecified atom stereocenters. The number of aliphatic imine (C=N–C) groups is 3. The quantitative estimate of drug-likeness (QED) is 0.170. The van der Waals surface area contributed by atoms with Crippen molar-refractivity contribution in [3.8, 4) is 0 Å². The van der Waals surface area contributed by atoms with E-state index in [4.69, 9.17) is 16.2 Å². The minimum Gasteiger partial charge on any atom is -0.444 e. The van der Waals surface area contributed by atoms with Crippen molar-refractivity contribution < 1.29 is 14.3 Å². The number of aromatic nitrogens is 1. The maximum Gasteiger partial charge on any atom is 0.407 e. The molecule has 12 heteroatoms. The van der Waals surface area contributed by atoms with Gasteiger partial charge in [-0.2, -0.15) is 0 Å². The number of rotatable bonds is 11. The van der Waals surface area contributed by atoms with Crippen LogP contribution in [0.25, 0.3) is 5.70 Å². The van der Waals surface area contributed by atoms with Crippen LogP contribution in [0.1, 0.15) is 72.9 Å². The molecule has 2 amide bonds. The molecule has 0 aliphatic rings. The van der Waals surface area contributed by atoms with Crippen molar-refractivity contribution in [1.29, 1.82) is 0 Å². The van der Waals surface area contributed by atoms with Gasteiger partial charge in [-0.3, -0.25) is 9.79 Å². The average molecular weight is 595 g/mol. The largest absolute Gasteiger partial charge is 0.444 e. The fourth-order valence-electron chi connectivity index (χ4n) is 3.23. The number of carbonyl (C=O) groups excluding carboxylic acids is 2. The summed E-state index contributed by atoms with van der Waals surface area (Å²) in [5, 5.41) is 6.51. The molecule has 0 spiro atoms. The van der Waals surface area contributed by atoms with Crippen LogP contribution in [0, 0.1) is 6.92 Å². The molecule has 0 saturated heterocycles. The number of allylic oxidation sites excluding steroid dienone is 2. The van der Waals surface area contributed by atoms with E-state index in [1.165, 1.54) is 36.3 Å². The number of nitrogens with zero attached hydrogens (tertiary/aromatic N) is 4. The summed E-state index contributed by atoms with van der Waals surface area (Å²) in [6, 6.07) is 5.80. The minimum absolute atomic E-state index is 0.0929. The van der Waals surface area contributed by atoms with Crippen LogP contribution in [0.4, 0.5) is 4.79 Å². The predicted octanol–water partition coefficient (Wildman–Crippen LogP) is 4.47. The number of hydrogen-bond donors (Lipinski definition) is 4. The fourth-order valence-corrected chi connectivity index (χ4v) is 4.12. The van der Waals surface area contributed by atoms with Gasteiger partial charge in [0, 0.05) is 42.8 Å². The highest BCUT2D eigenvalue weighted by molar-refractivity contribution is 7.13. The molecule has 1 aromatic carbocycles. The van der Waals surface area contributed by atoms with Crippen molar-refractivity contribution in [3.05, 3.63) is 68.9 Å². The molecular weight excluding hydrogens is 552 g/mol. The second-order valence-corrected chi connectivity index (χ2v) is 12.4. The van der Waals surface area contributed by atoms with E-state index >= 15 is 0 Å². The first kappa shape index (κ1) is 33.9. The fraction of sp³-hybridized carbons (Fsp3) is 0.400. The zero-order valence-electron chi connectivity index (χ0n) is 25.4. The van der Waals surface area contributed by atoms with Crippen LogP contribution in [-0.2, 0) is 16.7 Å². The Balaban J connectivity index is 1.85. The lowest BCUT2D eigenvalue weighted by atomic mass is 9.98. The Morgan fingerprint density at radius 3 is 2.50 bits per heavy atom. The molecule has 2 rings (SSSR count). The maximum atomic E-state index is 12.6. The number of amides is 2. The van der Waals surface area contributed by atoms with Crippen LogP contribution >= 0.6 is 11.3 Å². The standard InChI is InChI=1S/C30H42N8O3S/c1-20-14-21(8-9-22(20)16-36-26(39)25-18-37-27(42-25)29(2,3)4)24(32)10-11-34-19-38-23(15-31)17-33-12-13-35-28(40)41-30(5,6)7/h8-11,14-15,17-19H,12-13,16,31-32H2,1-7H3,(H,35,40)(H,36,39). The number of ether oxygens (including phenoxy) is 1. The number of nitrogens with one attached hydrogen (secondary N) is 2. The average Bonchev–Trinajstić information content (AvgIpc) is 3.41. The van der Waals surface area contributed by atoms with Gasteiger partial charge in [-0.1, -0.05) is 32.9 Å². The lowest BCUT2D eigenvalue weighted by Crippen LogP contribution is -2.33. The first-order valence-electron chi connectivity index (χ1n) is 13.4. The molecule has 0 fully saturated rings. The molecule has 1 aromatic heterocycles. The molecule has 226 valence electrons. The topological polar surface area (TPSA) is 169 Å². The van der Waals surface area contributed by atoms with Gasteiger partial charge in [0.1, 0.15) is 16.8 Å². The van der Waals surface area contributed by atoms with Crippen molar-refractivity contribution in [3.63, 3.8) is 0 Å². The van der Waals surface area contributed by atoms with Gasteiger partial charge < -0.3 is 26.8 Å². The Morgan fingerprint density at radius 2 is 1.88 bits per heavy atom. The van der Waals surface area contributed by atoms with E-state index in [9.17, 15) is 9.59 Å². The second kappa shape index (κ2) is 15.6. The van der Waals surface area contributed by atoms with Gasteiger partial charge in [0.25, 0.3) is 5.91 Å². The van der Waals surface area contributed by atoms with Crippen LogP contribution < -0.4 is 22.1 Å². The van der Waals surface area contributed by atoms with Crippen molar-refractivity contribution in [2.75, 3.05) is 13.1 Å². The molecule has 0 bridgehead atoms. The summed E-state index contributed by atoms with van der Waals surface area (Å²) in [5.74, 6) is -0.141. The zero-order valence-corrected chi connectivity index (χ0v) is 26.2. The van der Waals surface area contributed by atoms with E-state index in [0.29, 0.717) is 35.9 Å². The van der Waals surface area contributed by atoms with E-state index in [1.54, 1.807) is 33.0 Å². The highest BCUT2D eigenvalue weighted by Crippen LogP contribution is 2.26. The third-order valence-corrected chi connectivity index (χ3v) is 6.83. The molecule has 11 nitrogen and oxygen atoms in total. The second-order valence-electron chi connectivity index (χ2n) is 11.3. The van der Waals surface area contributed by atoms with E-state index in [-0.39, 0.29) is 11.3 Å². The Kier molecular flexibility index (Phi) is 12.6. The smallest absolute Gasteiger partial charge is 0.407 e. The number of nitrogens with two attached hydrogens (primary N) is 2. The molecule has 0 saturated carbocycles. The van der Waals surface area contributed by atoms with Crippen molar-refractivity contribution in [1.82, 2.24) is 15.6 Å². The number of benzene rings is 1. The first-order valence-corrected chi connectivity index (χ1v) is 14.3. The van der Waals surface area contributed by atoms with Crippen molar-refractivity contribution in [2.24, 2.45) is 26.4 Å². The molecule has 0 aliphatic carbocycles. The number of carbonyl (C=O) groups is 2. The van der Waals surface area contributed by atoms with E-state index in [2.05, 4.69) is 51.4 Å². The highest BCUT2D eigenvalue weighted by atomic mass is 32.1. The van der Waals surface area contributed by atoms with Gasteiger partial charge in [0.15, 0.2) is 0 Å². The zero-order chi connectivity index (χ0) is 31.3. The number of hydrogen-bond acceptors (Lipinski definition) is 9. The molecule has 0 atom stereocenters. The predicted molar refractivity (Wildman–Crippen MR) is 172 cm³/mol. The van der Waals surface area contributed by atoms with Gasteiger partial charge >= 0.3 is 6.09 Å². The lowest BCUT2D eigenvalue weighted by Gasteiger charge is -2.19.